The number of halogens is 1. The fourth-order valence-corrected chi connectivity index (χ4v) is 1.05. The van der Waals surface area contributed by atoms with Crippen LogP contribution in [0.25, 0.3) is 0 Å². The molecule has 0 radical (unpaired) electrons. The SMILES string of the molecule is CCOc1ccc(N)c(OCC)c1.Cl. The summed E-state index contributed by atoms with van der Waals surface area (Å²) in [5, 5.41) is 0. The Morgan fingerprint density at radius 3 is 2.36 bits per heavy atom. The van der Waals surface area contributed by atoms with E-state index in [0.717, 1.165) is 5.75 Å². The molecule has 0 saturated carbocycles. The fourth-order valence-electron chi connectivity index (χ4n) is 1.05. The fraction of sp³-hybridized carbons (Fsp3) is 0.400. The van der Waals surface area contributed by atoms with Crippen molar-refractivity contribution in [2.45, 2.75) is 13.8 Å². The van der Waals surface area contributed by atoms with Gasteiger partial charge in [0, 0.05) is 6.07 Å². The van der Waals surface area contributed by atoms with E-state index >= 15 is 0 Å². The van der Waals surface area contributed by atoms with Gasteiger partial charge in [-0.2, -0.15) is 0 Å². The van der Waals surface area contributed by atoms with Crippen LogP contribution in [-0.2, 0) is 0 Å². The molecular formula is C10H16ClNO2. The van der Waals surface area contributed by atoms with E-state index in [1.165, 1.54) is 0 Å². The lowest BCUT2D eigenvalue weighted by Gasteiger charge is -2.09. The molecule has 80 valence electrons. The summed E-state index contributed by atoms with van der Waals surface area (Å²) in [5.41, 5.74) is 6.33. The summed E-state index contributed by atoms with van der Waals surface area (Å²) in [6.45, 7) is 5.12. The quantitative estimate of drug-likeness (QED) is 0.789. The summed E-state index contributed by atoms with van der Waals surface area (Å²) in [6.07, 6.45) is 0. The highest BCUT2D eigenvalue weighted by Gasteiger charge is 2.01. The molecule has 0 aromatic heterocycles. The van der Waals surface area contributed by atoms with E-state index in [1.807, 2.05) is 26.0 Å². The Kier molecular flexibility index (Phi) is 5.88. The number of hydrogen-bond acceptors (Lipinski definition) is 3. The van der Waals surface area contributed by atoms with Crippen molar-refractivity contribution < 1.29 is 9.47 Å². The number of hydrogen-bond donors (Lipinski definition) is 1. The topological polar surface area (TPSA) is 44.5 Å². The van der Waals surface area contributed by atoms with Crippen molar-refractivity contribution in [1.82, 2.24) is 0 Å². The van der Waals surface area contributed by atoms with Gasteiger partial charge in [-0.3, -0.25) is 0 Å². The molecule has 0 fully saturated rings. The highest BCUT2D eigenvalue weighted by molar-refractivity contribution is 5.85. The van der Waals surface area contributed by atoms with E-state index < -0.39 is 0 Å². The van der Waals surface area contributed by atoms with Crippen LogP contribution in [0.4, 0.5) is 5.69 Å². The molecule has 0 heterocycles. The molecule has 0 unspecified atom stereocenters. The van der Waals surface area contributed by atoms with Crippen LogP contribution in [0.5, 0.6) is 11.5 Å². The summed E-state index contributed by atoms with van der Waals surface area (Å²) in [7, 11) is 0. The van der Waals surface area contributed by atoms with E-state index in [4.69, 9.17) is 15.2 Å². The summed E-state index contributed by atoms with van der Waals surface area (Å²) in [6, 6.07) is 5.43. The van der Waals surface area contributed by atoms with Gasteiger partial charge in [-0.25, -0.2) is 0 Å². The average Bonchev–Trinajstić information content (AvgIpc) is 2.12. The molecule has 0 bridgehead atoms. The van der Waals surface area contributed by atoms with Crippen LogP contribution in [0, 0.1) is 0 Å². The average molecular weight is 218 g/mol. The monoisotopic (exact) mass is 217 g/mol. The highest BCUT2D eigenvalue weighted by Crippen LogP contribution is 2.26. The molecule has 0 aliphatic carbocycles. The highest BCUT2D eigenvalue weighted by atomic mass is 35.5. The van der Waals surface area contributed by atoms with Crippen molar-refractivity contribution in [2.75, 3.05) is 18.9 Å². The Morgan fingerprint density at radius 1 is 1.14 bits per heavy atom. The summed E-state index contributed by atoms with van der Waals surface area (Å²) < 4.78 is 10.6. The van der Waals surface area contributed by atoms with E-state index in [2.05, 4.69) is 0 Å². The van der Waals surface area contributed by atoms with E-state index in [1.54, 1.807) is 6.07 Å². The summed E-state index contributed by atoms with van der Waals surface area (Å²) >= 11 is 0. The lowest BCUT2D eigenvalue weighted by atomic mass is 10.3. The number of rotatable bonds is 4. The first-order valence-electron chi connectivity index (χ1n) is 4.43. The standard InChI is InChI=1S/C10H15NO2.ClH/c1-3-12-8-5-6-9(11)10(7-8)13-4-2;/h5-7H,3-4,11H2,1-2H3;1H. The molecule has 0 amide bonds. The lowest BCUT2D eigenvalue weighted by molar-refractivity contribution is 0.324. The van der Waals surface area contributed by atoms with Crippen LogP contribution in [0.2, 0.25) is 0 Å². The molecule has 2 N–H and O–H groups in total. The second-order valence-corrected chi connectivity index (χ2v) is 2.57. The number of nitrogens with two attached hydrogens (primary N) is 1. The minimum absolute atomic E-state index is 0. The van der Waals surface area contributed by atoms with Crippen LogP contribution in [0.15, 0.2) is 18.2 Å². The Balaban J connectivity index is 0.00000169. The zero-order chi connectivity index (χ0) is 9.68. The molecule has 0 atom stereocenters. The van der Waals surface area contributed by atoms with Gasteiger partial charge in [0.2, 0.25) is 0 Å². The normalized spacial score (nSPS) is 9.00. The van der Waals surface area contributed by atoms with Crippen molar-refractivity contribution in [3.63, 3.8) is 0 Å². The smallest absolute Gasteiger partial charge is 0.145 e. The molecule has 1 aromatic carbocycles. The largest absolute Gasteiger partial charge is 0.494 e. The van der Waals surface area contributed by atoms with Crippen LogP contribution >= 0.6 is 12.4 Å². The van der Waals surface area contributed by atoms with Gasteiger partial charge in [-0.15, -0.1) is 12.4 Å². The molecule has 0 aliphatic heterocycles. The van der Waals surface area contributed by atoms with E-state index in [9.17, 15) is 0 Å². The van der Waals surface area contributed by atoms with Crippen molar-refractivity contribution in [2.24, 2.45) is 0 Å². The maximum atomic E-state index is 5.69. The Labute approximate surface area is 90.6 Å². The third kappa shape index (κ3) is 3.34. The second-order valence-electron chi connectivity index (χ2n) is 2.57. The van der Waals surface area contributed by atoms with Crippen molar-refractivity contribution in [3.05, 3.63) is 18.2 Å². The molecule has 0 saturated heterocycles. The summed E-state index contributed by atoms with van der Waals surface area (Å²) in [5.74, 6) is 1.48. The Hall–Kier alpha value is -1.09. The molecule has 1 rings (SSSR count). The lowest BCUT2D eigenvalue weighted by Crippen LogP contribution is -1.98. The molecule has 1 aromatic rings. The van der Waals surface area contributed by atoms with E-state index in [0.29, 0.717) is 24.7 Å². The van der Waals surface area contributed by atoms with Crippen LogP contribution in [-0.4, -0.2) is 13.2 Å². The first kappa shape index (κ1) is 12.9. The first-order valence-corrected chi connectivity index (χ1v) is 4.43. The zero-order valence-corrected chi connectivity index (χ0v) is 9.26. The Morgan fingerprint density at radius 2 is 1.79 bits per heavy atom. The van der Waals surface area contributed by atoms with Gasteiger partial charge in [0.25, 0.3) is 0 Å². The number of benzene rings is 1. The van der Waals surface area contributed by atoms with Gasteiger partial charge >= 0.3 is 0 Å². The third-order valence-corrected chi connectivity index (χ3v) is 1.60. The van der Waals surface area contributed by atoms with Gasteiger partial charge in [0.1, 0.15) is 11.5 Å². The second kappa shape index (κ2) is 6.38. The van der Waals surface area contributed by atoms with Gasteiger partial charge in [-0.1, -0.05) is 0 Å². The molecule has 4 heteroatoms. The van der Waals surface area contributed by atoms with Gasteiger partial charge in [0.15, 0.2) is 0 Å². The predicted molar refractivity (Wildman–Crippen MR) is 60.4 cm³/mol. The first-order chi connectivity index (χ1) is 6.27. The maximum Gasteiger partial charge on any atom is 0.145 e. The van der Waals surface area contributed by atoms with Gasteiger partial charge in [-0.05, 0) is 26.0 Å². The minimum atomic E-state index is 0. The maximum absolute atomic E-state index is 5.69. The molecule has 3 nitrogen and oxygen atoms in total. The van der Waals surface area contributed by atoms with E-state index in [-0.39, 0.29) is 12.4 Å². The molecule has 14 heavy (non-hydrogen) atoms. The Bertz CT molecular complexity index is 279. The zero-order valence-electron chi connectivity index (χ0n) is 8.45. The number of nitrogen functional groups attached to an aromatic ring is 1. The minimum Gasteiger partial charge on any atom is -0.494 e. The number of ether oxygens (including phenoxy) is 2. The van der Waals surface area contributed by atoms with Gasteiger partial charge < -0.3 is 15.2 Å². The third-order valence-electron chi connectivity index (χ3n) is 1.60. The van der Waals surface area contributed by atoms with Crippen LogP contribution in [0.1, 0.15) is 13.8 Å². The van der Waals surface area contributed by atoms with Crippen LogP contribution < -0.4 is 15.2 Å². The van der Waals surface area contributed by atoms with Crippen molar-refractivity contribution in [3.8, 4) is 11.5 Å². The van der Waals surface area contributed by atoms with Gasteiger partial charge in [0.05, 0.1) is 18.9 Å². The van der Waals surface area contributed by atoms with Crippen molar-refractivity contribution in [1.29, 1.82) is 0 Å². The number of anilines is 1. The predicted octanol–water partition coefficient (Wildman–Crippen LogP) is 2.49. The molecule has 0 spiro atoms. The van der Waals surface area contributed by atoms with Crippen molar-refractivity contribution >= 4 is 18.1 Å². The van der Waals surface area contributed by atoms with Crippen LogP contribution in [0.3, 0.4) is 0 Å². The summed E-state index contributed by atoms with van der Waals surface area (Å²) in [4.78, 5) is 0. The molecular weight excluding hydrogens is 202 g/mol. The molecule has 0 aliphatic rings.